The van der Waals surface area contributed by atoms with Crippen molar-refractivity contribution in [2.75, 3.05) is 0 Å². The molecule has 4 saturated carbocycles. The van der Waals surface area contributed by atoms with E-state index < -0.39 is 0 Å². The molecule has 18 heavy (non-hydrogen) atoms. The Morgan fingerprint density at radius 2 is 1.44 bits per heavy atom. The van der Waals surface area contributed by atoms with E-state index >= 15 is 0 Å². The summed E-state index contributed by atoms with van der Waals surface area (Å²) in [5.41, 5.74) is 0.0655. The van der Waals surface area contributed by atoms with Gasteiger partial charge in [-0.25, -0.2) is 0 Å². The van der Waals surface area contributed by atoms with Crippen LogP contribution in [0.5, 0.6) is 0 Å². The summed E-state index contributed by atoms with van der Waals surface area (Å²) in [5, 5.41) is 3.42. The number of ketones is 1. The number of carbonyl (C=O) groups excluding carboxylic acids is 1. The van der Waals surface area contributed by atoms with Crippen LogP contribution < -0.4 is 5.32 Å². The number of hydrogen-bond acceptors (Lipinski definition) is 2. The van der Waals surface area contributed by atoms with E-state index in [9.17, 15) is 4.79 Å². The summed E-state index contributed by atoms with van der Waals surface area (Å²) < 4.78 is 0. The zero-order chi connectivity index (χ0) is 12.9. The van der Waals surface area contributed by atoms with Crippen LogP contribution in [0.25, 0.3) is 0 Å². The number of carbonyl (C=O) groups is 1. The van der Waals surface area contributed by atoms with Crippen molar-refractivity contribution in [2.45, 2.75) is 71.4 Å². The van der Waals surface area contributed by atoms with Gasteiger partial charge in [-0.3, -0.25) is 4.79 Å². The molecule has 0 aromatic rings. The fourth-order valence-electron chi connectivity index (χ4n) is 5.45. The fraction of sp³-hybridized carbons (Fsp3) is 0.938. The average molecular weight is 249 g/mol. The van der Waals surface area contributed by atoms with E-state index in [2.05, 4.69) is 26.1 Å². The highest BCUT2D eigenvalue weighted by Gasteiger charge is 2.54. The molecule has 4 aliphatic rings. The van der Waals surface area contributed by atoms with Crippen molar-refractivity contribution in [3.8, 4) is 0 Å². The molecule has 0 amide bonds. The number of Topliss-reactive ketones (excluding diaryl/α,β-unsaturated/α-hetero) is 1. The van der Waals surface area contributed by atoms with Crippen LogP contribution in [0.3, 0.4) is 0 Å². The van der Waals surface area contributed by atoms with E-state index in [1.54, 1.807) is 0 Å². The summed E-state index contributed by atoms with van der Waals surface area (Å²) in [5.74, 6) is 3.12. The number of nitrogens with one attached hydrogen (secondary N) is 1. The van der Waals surface area contributed by atoms with Crippen LogP contribution >= 0.6 is 0 Å². The first kappa shape index (κ1) is 12.7. The number of hydrogen-bond donors (Lipinski definition) is 1. The molecule has 1 N–H and O–H groups in total. The van der Waals surface area contributed by atoms with Crippen molar-refractivity contribution in [1.82, 2.24) is 5.32 Å². The number of rotatable bonds is 4. The normalized spacial score (nSPS) is 43.4. The van der Waals surface area contributed by atoms with Crippen LogP contribution in [0.4, 0.5) is 0 Å². The average Bonchev–Trinajstić information content (AvgIpc) is 2.25. The van der Waals surface area contributed by atoms with E-state index in [0.717, 1.165) is 17.8 Å². The molecule has 0 heterocycles. The lowest BCUT2D eigenvalue weighted by molar-refractivity contribution is -0.145. The third-order valence-electron chi connectivity index (χ3n) is 5.54. The van der Waals surface area contributed by atoms with Gasteiger partial charge >= 0.3 is 0 Å². The van der Waals surface area contributed by atoms with Gasteiger partial charge in [-0.2, -0.15) is 0 Å². The predicted molar refractivity (Wildman–Crippen MR) is 73.3 cm³/mol. The van der Waals surface area contributed by atoms with Crippen LogP contribution in [-0.4, -0.2) is 17.9 Å². The van der Waals surface area contributed by atoms with Gasteiger partial charge in [0.2, 0.25) is 0 Å². The highest BCUT2D eigenvalue weighted by atomic mass is 16.1. The first-order valence-electron chi connectivity index (χ1n) is 7.79. The Hall–Kier alpha value is -0.370. The summed E-state index contributed by atoms with van der Waals surface area (Å²) in [7, 11) is 0. The van der Waals surface area contributed by atoms with Gasteiger partial charge in [-0.15, -0.1) is 0 Å². The molecule has 0 unspecified atom stereocenters. The van der Waals surface area contributed by atoms with Gasteiger partial charge in [-0.1, -0.05) is 13.8 Å². The molecule has 0 aliphatic heterocycles. The van der Waals surface area contributed by atoms with Gasteiger partial charge in [-0.05, 0) is 63.2 Å². The summed E-state index contributed by atoms with van der Waals surface area (Å²) in [6.45, 7) is 6.33. The first-order chi connectivity index (χ1) is 8.48. The molecule has 102 valence electrons. The zero-order valence-electron chi connectivity index (χ0n) is 12.0. The Morgan fingerprint density at radius 1 is 1.00 bits per heavy atom. The minimum absolute atomic E-state index is 0.0428. The molecule has 0 aromatic heterocycles. The SMILES string of the molecule is CC(C)N[C@H](C)C(=O)C12CC3CC(CC(C3)C1)C2. The second-order valence-electron chi connectivity index (χ2n) is 7.61. The van der Waals surface area contributed by atoms with Gasteiger partial charge in [0, 0.05) is 11.5 Å². The zero-order valence-corrected chi connectivity index (χ0v) is 12.0. The van der Waals surface area contributed by atoms with Gasteiger partial charge in [0.1, 0.15) is 0 Å². The van der Waals surface area contributed by atoms with Gasteiger partial charge in [0.15, 0.2) is 5.78 Å². The molecular weight excluding hydrogens is 222 g/mol. The van der Waals surface area contributed by atoms with Crippen molar-refractivity contribution in [1.29, 1.82) is 0 Å². The van der Waals surface area contributed by atoms with Crippen LogP contribution in [-0.2, 0) is 4.79 Å². The molecule has 4 bridgehead atoms. The molecule has 0 radical (unpaired) electrons. The van der Waals surface area contributed by atoms with Crippen molar-refractivity contribution < 1.29 is 4.79 Å². The standard InChI is InChI=1S/C16H27NO/c1-10(2)17-11(3)15(18)16-7-12-4-13(8-16)6-14(5-12)9-16/h10-14,17H,4-9H2,1-3H3/t11-,12?,13?,14?,16?/m1/s1. The van der Waals surface area contributed by atoms with Gasteiger partial charge < -0.3 is 5.32 Å². The van der Waals surface area contributed by atoms with Gasteiger partial charge in [0.05, 0.1) is 6.04 Å². The van der Waals surface area contributed by atoms with Crippen molar-refractivity contribution in [3.05, 3.63) is 0 Å². The van der Waals surface area contributed by atoms with E-state index in [1.807, 2.05) is 0 Å². The Balaban J connectivity index is 1.76. The Morgan fingerprint density at radius 3 is 1.83 bits per heavy atom. The second kappa shape index (κ2) is 4.33. The maximum Gasteiger partial charge on any atom is 0.155 e. The second-order valence-corrected chi connectivity index (χ2v) is 7.61. The molecule has 0 saturated heterocycles. The Kier molecular flexibility index (Phi) is 3.04. The van der Waals surface area contributed by atoms with Crippen LogP contribution in [0.1, 0.15) is 59.3 Å². The molecule has 2 heteroatoms. The molecule has 4 aliphatic carbocycles. The third-order valence-corrected chi connectivity index (χ3v) is 5.54. The molecule has 0 aromatic carbocycles. The molecule has 0 spiro atoms. The first-order valence-corrected chi connectivity index (χ1v) is 7.79. The lowest BCUT2D eigenvalue weighted by atomic mass is 9.48. The predicted octanol–water partition coefficient (Wildman–Crippen LogP) is 3.16. The minimum atomic E-state index is 0.0428. The summed E-state index contributed by atoms with van der Waals surface area (Å²) in [4.78, 5) is 12.9. The highest BCUT2D eigenvalue weighted by Crippen LogP contribution is 2.60. The Labute approximate surface area is 111 Å². The van der Waals surface area contributed by atoms with Crippen LogP contribution in [0, 0.1) is 23.2 Å². The summed E-state index contributed by atoms with van der Waals surface area (Å²) in [6.07, 6.45) is 7.83. The lowest BCUT2D eigenvalue weighted by Gasteiger charge is -2.56. The molecule has 1 atom stereocenters. The maximum absolute atomic E-state index is 12.9. The highest BCUT2D eigenvalue weighted by molar-refractivity contribution is 5.89. The molecule has 2 nitrogen and oxygen atoms in total. The fourth-order valence-corrected chi connectivity index (χ4v) is 5.45. The minimum Gasteiger partial charge on any atom is -0.305 e. The molecule has 4 rings (SSSR count). The lowest BCUT2D eigenvalue weighted by Crippen LogP contribution is -2.55. The van der Waals surface area contributed by atoms with E-state index in [-0.39, 0.29) is 11.5 Å². The van der Waals surface area contributed by atoms with Crippen molar-refractivity contribution in [3.63, 3.8) is 0 Å². The van der Waals surface area contributed by atoms with E-state index in [4.69, 9.17) is 0 Å². The Bertz CT molecular complexity index is 312. The van der Waals surface area contributed by atoms with Crippen molar-refractivity contribution >= 4 is 5.78 Å². The largest absolute Gasteiger partial charge is 0.305 e. The summed E-state index contributed by atoms with van der Waals surface area (Å²) >= 11 is 0. The molecular formula is C16H27NO. The topological polar surface area (TPSA) is 29.1 Å². The van der Waals surface area contributed by atoms with Gasteiger partial charge in [0.25, 0.3) is 0 Å². The van der Waals surface area contributed by atoms with E-state index in [0.29, 0.717) is 11.8 Å². The van der Waals surface area contributed by atoms with Crippen LogP contribution in [0.2, 0.25) is 0 Å². The maximum atomic E-state index is 12.9. The third kappa shape index (κ3) is 2.03. The van der Waals surface area contributed by atoms with E-state index in [1.165, 1.54) is 38.5 Å². The smallest absolute Gasteiger partial charge is 0.155 e. The monoisotopic (exact) mass is 249 g/mol. The quantitative estimate of drug-likeness (QED) is 0.829. The molecule has 4 fully saturated rings. The van der Waals surface area contributed by atoms with Crippen LogP contribution in [0.15, 0.2) is 0 Å². The van der Waals surface area contributed by atoms with Crippen molar-refractivity contribution in [2.24, 2.45) is 23.2 Å². The summed E-state index contributed by atoms with van der Waals surface area (Å²) in [6, 6.07) is 0.444.